The van der Waals surface area contributed by atoms with Gasteiger partial charge in [-0.25, -0.2) is 4.79 Å². The molecule has 1 aliphatic rings. The highest BCUT2D eigenvalue weighted by molar-refractivity contribution is 5.93. The highest BCUT2D eigenvalue weighted by Gasteiger charge is 2.14. The topological polar surface area (TPSA) is 73.5 Å². The van der Waals surface area contributed by atoms with Crippen LogP contribution in [-0.2, 0) is 11.2 Å². The Morgan fingerprint density at radius 3 is 2.44 bits per heavy atom. The summed E-state index contributed by atoms with van der Waals surface area (Å²) < 4.78 is 0. The SMILES string of the molecule is CCNC(=O)C(C)NC(=O)Nc1ccc(CCN2CCCCC2)cc1. The van der Waals surface area contributed by atoms with E-state index in [0.29, 0.717) is 6.54 Å². The fraction of sp³-hybridized carbons (Fsp3) is 0.579. The van der Waals surface area contributed by atoms with Crippen molar-refractivity contribution in [1.82, 2.24) is 15.5 Å². The quantitative estimate of drug-likeness (QED) is 0.710. The zero-order valence-electron chi connectivity index (χ0n) is 15.3. The van der Waals surface area contributed by atoms with Crippen molar-refractivity contribution in [3.05, 3.63) is 29.8 Å². The molecule has 1 aromatic rings. The first-order valence-electron chi connectivity index (χ1n) is 9.25. The van der Waals surface area contributed by atoms with Crippen LogP contribution in [-0.4, -0.2) is 49.1 Å². The third kappa shape index (κ3) is 6.74. The van der Waals surface area contributed by atoms with Crippen LogP contribution >= 0.6 is 0 Å². The van der Waals surface area contributed by atoms with Gasteiger partial charge < -0.3 is 20.9 Å². The monoisotopic (exact) mass is 346 g/mol. The summed E-state index contributed by atoms with van der Waals surface area (Å²) in [6, 6.07) is 6.96. The Morgan fingerprint density at radius 1 is 1.12 bits per heavy atom. The smallest absolute Gasteiger partial charge is 0.319 e. The minimum atomic E-state index is -0.566. The number of piperidine rings is 1. The van der Waals surface area contributed by atoms with Crippen molar-refractivity contribution in [3.8, 4) is 0 Å². The predicted molar refractivity (Wildman–Crippen MR) is 101 cm³/mol. The van der Waals surface area contributed by atoms with Crippen LogP contribution in [0.5, 0.6) is 0 Å². The molecule has 1 fully saturated rings. The van der Waals surface area contributed by atoms with Gasteiger partial charge in [-0.05, 0) is 63.9 Å². The molecule has 3 N–H and O–H groups in total. The Morgan fingerprint density at radius 2 is 1.80 bits per heavy atom. The van der Waals surface area contributed by atoms with Crippen LogP contribution in [0.15, 0.2) is 24.3 Å². The molecule has 1 heterocycles. The van der Waals surface area contributed by atoms with Crippen LogP contribution in [0.4, 0.5) is 10.5 Å². The summed E-state index contributed by atoms with van der Waals surface area (Å²) in [6.45, 7) is 7.57. The van der Waals surface area contributed by atoms with Gasteiger partial charge in [0.25, 0.3) is 0 Å². The number of hydrogen-bond donors (Lipinski definition) is 3. The number of likely N-dealkylation sites (tertiary alicyclic amines) is 1. The van der Waals surface area contributed by atoms with E-state index in [0.717, 1.165) is 18.7 Å². The number of nitrogens with one attached hydrogen (secondary N) is 3. The molecule has 1 aliphatic heterocycles. The Labute approximate surface area is 150 Å². The molecule has 0 spiro atoms. The number of carbonyl (C=O) groups excluding carboxylic acids is 2. The number of likely N-dealkylation sites (N-methyl/N-ethyl adjacent to an activating group) is 1. The van der Waals surface area contributed by atoms with Crippen molar-refractivity contribution in [2.24, 2.45) is 0 Å². The van der Waals surface area contributed by atoms with E-state index in [1.54, 1.807) is 6.92 Å². The van der Waals surface area contributed by atoms with Crippen LogP contribution in [0.25, 0.3) is 0 Å². The Kier molecular flexibility index (Phi) is 7.73. The maximum absolute atomic E-state index is 11.9. The molecule has 1 atom stereocenters. The first-order valence-corrected chi connectivity index (χ1v) is 9.25. The summed E-state index contributed by atoms with van der Waals surface area (Å²) in [5, 5.41) is 8.07. The Hall–Kier alpha value is -2.08. The van der Waals surface area contributed by atoms with Gasteiger partial charge in [0.15, 0.2) is 0 Å². The summed E-state index contributed by atoms with van der Waals surface area (Å²) in [4.78, 5) is 26.1. The minimum Gasteiger partial charge on any atom is -0.355 e. The van der Waals surface area contributed by atoms with Crippen molar-refractivity contribution in [1.29, 1.82) is 0 Å². The number of hydrogen-bond acceptors (Lipinski definition) is 3. The van der Waals surface area contributed by atoms with Gasteiger partial charge in [-0.15, -0.1) is 0 Å². The van der Waals surface area contributed by atoms with Crippen molar-refractivity contribution in [2.45, 2.75) is 45.6 Å². The van der Waals surface area contributed by atoms with Crippen molar-refractivity contribution < 1.29 is 9.59 Å². The maximum atomic E-state index is 11.9. The summed E-state index contributed by atoms with van der Waals surface area (Å²) in [6.07, 6.45) is 5.01. The molecule has 25 heavy (non-hydrogen) atoms. The van der Waals surface area contributed by atoms with Gasteiger partial charge in [-0.2, -0.15) is 0 Å². The molecule has 2 rings (SSSR count). The molecule has 0 saturated carbocycles. The number of benzene rings is 1. The van der Waals surface area contributed by atoms with Gasteiger partial charge in [0.1, 0.15) is 6.04 Å². The summed E-state index contributed by atoms with van der Waals surface area (Å²) in [5.41, 5.74) is 1.99. The van der Waals surface area contributed by atoms with Crippen LogP contribution in [0.3, 0.4) is 0 Å². The third-order valence-electron chi connectivity index (χ3n) is 4.47. The second kappa shape index (κ2) is 10.0. The van der Waals surface area contributed by atoms with Crippen LogP contribution in [0.2, 0.25) is 0 Å². The second-order valence-electron chi connectivity index (χ2n) is 6.56. The van der Waals surface area contributed by atoms with Gasteiger partial charge in [0.2, 0.25) is 5.91 Å². The Balaban J connectivity index is 1.75. The molecule has 1 unspecified atom stereocenters. The summed E-state index contributed by atoms with van der Waals surface area (Å²) in [5.74, 6) is -0.189. The number of urea groups is 1. The highest BCUT2D eigenvalue weighted by atomic mass is 16.2. The van der Waals surface area contributed by atoms with E-state index in [2.05, 4.69) is 20.9 Å². The maximum Gasteiger partial charge on any atom is 0.319 e. The lowest BCUT2D eigenvalue weighted by Gasteiger charge is -2.26. The molecule has 0 aliphatic carbocycles. The number of anilines is 1. The summed E-state index contributed by atoms with van der Waals surface area (Å²) >= 11 is 0. The van der Waals surface area contributed by atoms with Crippen molar-refractivity contribution in [2.75, 3.05) is 31.5 Å². The summed E-state index contributed by atoms with van der Waals surface area (Å²) in [7, 11) is 0. The molecule has 1 aromatic carbocycles. The molecule has 0 aromatic heterocycles. The van der Waals surface area contributed by atoms with Gasteiger partial charge in [-0.1, -0.05) is 18.6 Å². The molecular weight excluding hydrogens is 316 g/mol. The third-order valence-corrected chi connectivity index (χ3v) is 4.47. The zero-order valence-corrected chi connectivity index (χ0v) is 15.3. The van der Waals surface area contributed by atoms with E-state index < -0.39 is 6.04 Å². The van der Waals surface area contributed by atoms with E-state index >= 15 is 0 Å². The molecule has 0 radical (unpaired) electrons. The fourth-order valence-electron chi connectivity index (χ4n) is 2.98. The Bertz CT molecular complexity index is 553. The van der Waals surface area contributed by atoms with E-state index in [-0.39, 0.29) is 11.9 Å². The van der Waals surface area contributed by atoms with Gasteiger partial charge >= 0.3 is 6.03 Å². The zero-order chi connectivity index (χ0) is 18.1. The average Bonchev–Trinajstić information content (AvgIpc) is 2.62. The van der Waals surface area contributed by atoms with E-state index in [4.69, 9.17) is 0 Å². The highest BCUT2D eigenvalue weighted by Crippen LogP contribution is 2.13. The van der Waals surface area contributed by atoms with E-state index in [9.17, 15) is 9.59 Å². The van der Waals surface area contributed by atoms with Gasteiger partial charge in [0, 0.05) is 18.8 Å². The lowest BCUT2D eigenvalue weighted by Crippen LogP contribution is -2.46. The van der Waals surface area contributed by atoms with Crippen LogP contribution in [0, 0.1) is 0 Å². The normalized spacial score (nSPS) is 16.1. The first-order chi connectivity index (χ1) is 12.1. The standard InChI is InChI=1S/C19H30N4O2/c1-3-20-18(24)15(2)21-19(25)22-17-9-7-16(8-10-17)11-14-23-12-5-4-6-13-23/h7-10,15H,3-6,11-14H2,1-2H3,(H,20,24)(H2,21,22,25). The lowest BCUT2D eigenvalue weighted by molar-refractivity contribution is -0.122. The molecule has 0 bridgehead atoms. The fourth-order valence-corrected chi connectivity index (χ4v) is 2.98. The number of amides is 3. The first kappa shape index (κ1) is 19.2. The molecular formula is C19H30N4O2. The largest absolute Gasteiger partial charge is 0.355 e. The molecule has 3 amide bonds. The minimum absolute atomic E-state index is 0.189. The van der Waals surface area contributed by atoms with E-state index in [1.165, 1.54) is 37.9 Å². The van der Waals surface area contributed by atoms with Crippen molar-refractivity contribution >= 4 is 17.6 Å². The number of nitrogens with zero attached hydrogens (tertiary/aromatic N) is 1. The predicted octanol–water partition coefficient (Wildman–Crippen LogP) is 2.36. The molecule has 138 valence electrons. The number of carbonyl (C=O) groups is 2. The van der Waals surface area contributed by atoms with Crippen molar-refractivity contribution in [3.63, 3.8) is 0 Å². The molecule has 6 heteroatoms. The molecule has 1 saturated heterocycles. The van der Waals surface area contributed by atoms with Crippen LogP contribution in [0.1, 0.15) is 38.7 Å². The lowest BCUT2D eigenvalue weighted by atomic mass is 10.1. The van der Waals surface area contributed by atoms with Gasteiger partial charge in [-0.3, -0.25) is 4.79 Å². The second-order valence-corrected chi connectivity index (χ2v) is 6.56. The number of rotatable bonds is 7. The van der Waals surface area contributed by atoms with E-state index in [1.807, 2.05) is 31.2 Å². The average molecular weight is 346 g/mol. The van der Waals surface area contributed by atoms with Gasteiger partial charge in [0.05, 0.1) is 0 Å². The van der Waals surface area contributed by atoms with Crippen LogP contribution < -0.4 is 16.0 Å². The molecule has 6 nitrogen and oxygen atoms in total.